The van der Waals surface area contributed by atoms with E-state index in [-0.39, 0.29) is 12.0 Å². The molecular weight excluding hydrogens is 230 g/mol. The van der Waals surface area contributed by atoms with E-state index in [1.165, 1.54) is 0 Å². The molecule has 0 aromatic carbocycles. The topological polar surface area (TPSA) is 55.6 Å². The van der Waals surface area contributed by atoms with Crippen molar-refractivity contribution in [1.82, 2.24) is 14.7 Å². The summed E-state index contributed by atoms with van der Waals surface area (Å²) in [5, 5.41) is 3.09. The molecule has 2 aromatic rings. The number of carbonyl (C=O) groups excluding carboxylic acids is 1. The van der Waals surface area contributed by atoms with E-state index in [1.807, 2.05) is 35.0 Å². The molecule has 0 radical (unpaired) electrons. The van der Waals surface area contributed by atoms with E-state index in [1.54, 1.807) is 13.8 Å². The maximum absolute atomic E-state index is 11.4. The second-order valence-electron chi connectivity index (χ2n) is 4.05. The lowest BCUT2D eigenvalue weighted by Gasteiger charge is -2.10. The van der Waals surface area contributed by atoms with E-state index in [4.69, 9.17) is 4.74 Å². The molecule has 2 aromatic heterocycles. The third-order valence-electron chi connectivity index (χ3n) is 2.64. The maximum Gasteiger partial charge on any atom is 0.322 e. The normalized spacial score (nSPS) is 12.6. The van der Waals surface area contributed by atoms with Crippen LogP contribution in [0.3, 0.4) is 0 Å². The van der Waals surface area contributed by atoms with Crippen molar-refractivity contribution >= 4 is 11.6 Å². The number of rotatable bonds is 5. The molecule has 0 saturated heterocycles. The van der Waals surface area contributed by atoms with Crippen molar-refractivity contribution in [2.45, 2.75) is 26.4 Å². The first-order chi connectivity index (χ1) is 8.70. The van der Waals surface area contributed by atoms with Crippen LogP contribution in [0, 0.1) is 0 Å². The zero-order chi connectivity index (χ0) is 13.0. The number of carbonyl (C=O) groups is 1. The lowest BCUT2D eigenvalue weighted by atomic mass is 10.3. The minimum absolute atomic E-state index is 0.235. The van der Waals surface area contributed by atoms with Crippen LogP contribution in [0.15, 0.2) is 30.6 Å². The average Bonchev–Trinajstić information content (AvgIpc) is 2.78. The number of ether oxygens (including phenoxy) is 1. The number of hydrogen-bond acceptors (Lipinski definition) is 4. The fraction of sp³-hybridized carbons (Fsp3) is 0.385. The fourth-order valence-electron chi connectivity index (χ4n) is 1.68. The van der Waals surface area contributed by atoms with Crippen molar-refractivity contribution in [2.24, 2.45) is 0 Å². The maximum atomic E-state index is 11.4. The number of aromatic nitrogens is 2. The molecule has 96 valence electrons. The predicted octanol–water partition coefficient (Wildman–Crippen LogP) is 1.38. The van der Waals surface area contributed by atoms with Gasteiger partial charge in [0.25, 0.3) is 0 Å². The fourth-order valence-corrected chi connectivity index (χ4v) is 1.68. The zero-order valence-corrected chi connectivity index (χ0v) is 10.6. The molecule has 0 fully saturated rings. The molecule has 0 aliphatic rings. The zero-order valence-electron chi connectivity index (χ0n) is 10.6. The van der Waals surface area contributed by atoms with Gasteiger partial charge < -0.3 is 9.14 Å². The molecule has 18 heavy (non-hydrogen) atoms. The standard InChI is InChI=1S/C13H17N3O2/c1-3-18-13(17)10(2)14-8-11-9-16-7-5-4-6-12(16)15-11/h4-7,9-10,14H,3,8H2,1-2H3. The van der Waals surface area contributed by atoms with Gasteiger partial charge in [-0.2, -0.15) is 0 Å². The molecule has 1 N–H and O–H groups in total. The van der Waals surface area contributed by atoms with Gasteiger partial charge >= 0.3 is 5.97 Å². The SMILES string of the molecule is CCOC(=O)C(C)NCc1cn2ccccc2n1. The molecule has 1 atom stereocenters. The van der Waals surface area contributed by atoms with Crippen molar-refractivity contribution < 1.29 is 9.53 Å². The lowest BCUT2D eigenvalue weighted by Crippen LogP contribution is -2.34. The van der Waals surface area contributed by atoms with Crippen LogP contribution in [0.2, 0.25) is 0 Å². The van der Waals surface area contributed by atoms with Crippen molar-refractivity contribution in [3.05, 3.63) is 36.3 Å². The molecule has 0 saturated carbocycles. The van der Waals surface area contributed by atoms with E-state index in [2.05, 4.69) is 10.3 Å². The van der Waals surface area contributed by atoms with Crippen molar-refractivity contribution in [3.8, 4) is 0 Å². The Morgan fingerprint density at radius 3 is 3.11 bits per heavy atom. The van der Waals surface area contributed by atoms with Crippen LogP contribution in [-0.4, -0.2) is 28.0 Å². The third-order valence-corrected chi connectivity index (χ3v) is 2.64. The van der Waals surface area contributed by atoms with Crippen LogP contribution in [0.5, 0.6) is 0 Å². The molecular formula is C13H17N3O2. The van der Waals surface area contributed by atoms with Gasteiger partial charge in [-0.3, -0.25) is 10.1 Å². The molecule has 1 unspecified atom stereocenters. The summed E-state index contributed by atoms with van der Waals surface area (Å²) in [4.78, 5) is 15.9. The van der Waals surface area contributed by atoms with Gasteiger partial charge in [0.15, 0.2) is 0 Å². The monoisotopic (exact) mass is 247 g/mol. The van der Waals surface area contributed by atoms with E-state index in [9.17, 15) is 4.79 Å². The molecule has 5 nitrogen and oxygen atoms in total. The Morgan fingerprint density at radius 1 is 1.56 bits per heavy atom. The number of imidazole rings is 1. The number of hydrogen-bond donors (Lipinski definition) is 1. The molecule has 5 heteroatoms. The summed E-state index contributed by atoms with van der Waals surface area (Å²) in [5.41, 5.74) is 1.80. The largest absolute Gasteiger partial charge is 0.465 e. The summed E-state index contributed by atoms with van der Waals surface area (Å²) in [7, 11) is 0. The molecule has 2 rings (SSSR count). The number of fused-ring (bicyclic) bond motifs is 1. The Kier molecular flexibility index (Phi) is 3.94. The minimum atomic E-state index is -0.324. The summed E-state index contributed by atoms with van der Waals surface area (Å²) in [6, 6.07) is 5.52. The third kappa shape index (κ3) is 2.87. The van der Waals surface area contributed by atoms with Crippen LogP contribution < -0.4 is 5.32 Å². The summed E-state index contributed by atoms with van der Waals surface area (Å²) in [6.07, 6.45) is 3.89. The molecule has 0 bridgehead atoms. The predicted molar refractivity (Wildman–Crippen MR) is 68.1 cm³/mol. The Bertz CT molecular complexity index is 503. The Labute approximate surface area is 106 Å². The Hall–Kier alpha value is -1.88. The van der Waals surface area contributed by atoms with Crippen LogP contribution in [0.4, 0.5) is 0 Å². The van der Waals surface area contributed by atoms with E-state index in [0.29, 0.717) is 13.2 Å². The van der Waals surface area contributed by atoms with E-state index < -0.39 is 0 Å². The quantitative estimate of drug-likeness (QED) is 0.811. The van der Waals surface area contributed by atoms with Crippen molar-refractivity contribution in [3.63, 3.8) is 0 Å². The molecule has 2 heterocycles. The molecule has 0 spiro atoms. The molecule has 0 aliphatic heterocycles. The van der Waals surface area contributed by atoms with Crippen LogP contribution in [-0.2, 0) is 16.1 Å². The average molecular weight is 247 g/mol. The van der Waals surface area contributed by atoms with Gasteiger partial charge in [0.2, 0.25) is 0 Å². The summed E-state index contributed by atoms with van der Waals surface area (Å²) < 4.78 is 6.87. The van der Waals surface area contributed by atoms with Gasteiger partial charge in [-0.15, -0.1) is 0 Å². The highest BCUT2D eigenvalue weighted by Gasteiger charge is 2.13. The van der Waals surface area contributed by atoms with Gasteiger partial charge in [-0.05, 0) is 26.0 Å². The first kappa shape index (κ1) is 12.6. The minimum Gasteiger partial charge on any atom is -0.465 e. The van der Waals surface area contributed by atoms with Crippen molar-refractivity contribution in [1.29, 1.82) is 0 Å². The highest BCUT2D eigenvalue weighted by atomic mass is 16.5. The van der Waals surface area contributed by atoms with Gasteiger partial charge in [0, 0.05) is 18.9 Å². The van der Waals surface area contributed by atoms with Crippen LogP contribution in [0.1, 0.15) is 19.5 Å². The summed E-state index contributed by atoms with van der Waals surface area (Å²) in [6.45, 7) is 4.53. The van der Waals surface area contributed by atoms with E-state index in [0.717, 1.165) is 11.3 Å². The highest BCUT2D eigenvalue weighted by Crippen LogP contribution is 2.04. The van der Waals surface area contributed by atoms with Gasteiger partial charge in [-0.1, -0.05) is 6.07 Å². The van der Waals surface area contributed by atoms with Gasteiger partial charge in [0.1, 0.15) is 11.7 Å². The van der Waals surface area contributed by atoms with Gasteiger partial charge in [0.05, 0.1) is 12.3 Å². The lowest BCUT2D eigenvalue weighted by molar-refractivity contribution is -0.145. The molecule has 0 aliphatic carbocycles. The smallest absolute Gasteiger partial charge is 0.322 e. The Morgan fingerprint density at radius 2 is 2.39 bits per heavy atom. The number of esters is 1. The van der Waals surface area contributed by atoms with Crippen LogP contribution in [0.25, 0.3) is 5.65 Å². The summed E-state index contributed by atoms with van der Waals surface area (Å²) >= 11 is 0. The first-order valence-electron chi connectivity index (χ1n) is 6.03. The summed E-state index contributed by atoms with van der Waals surface area (Å²) in [5.74, 6) is -0.235. The highest BCUT2D eigenvalue weighted by molar-refractivity contribution is 5.75. The second kappa shape index (κ2) is 5.64. The first-order valence-corrected chi connectivity index (χ1v) is 6.03. The van der Waals surface area contributed by atoms with Crippen LogP contribution >= 0.6 is 0 Å². The Balaban J connectivity index is 1.95. The molecule has 0 amide bonds. The van der Waals surface area contributed by atoms with Crippen molar-refractivity contribution in [2.75, 3.05) is 6.61 Å². The number of nitrogens with zero attached hydrogens (tertiary/aromatic N) is 2. The number of pyridine rings is 1. The van der Waals surface area contributed by atoms with E-state index >= 15 is 0 Å². The van der Waals surface area contributed by atoms with Gasteiger partial charge in [-0.25, -0.2) is 4.98 Å². The second-order valence-corrected chi connectivity index (χ2v) is 4.05. The number of nitrogens with one attached hydrogen (secondary N) is 1.